The summed E-state index contributed by atoms with van der Waals surface area (Å²) >= 11 is 3.97. The molecule has 1 unspecified atom stereocenters. The lowest BCUT2D eigenvalue weighted by molar-refractivity contribution is -0.135. The van der Waals surface area contributed by atoms with Gasteiger partial charge in [0.05, 0.1) is 30.3 Å². The molecular weight excluding hydrogens is 232 g/mol. The highest BCUT2D eigenvalue weighted by molar-refractivity contribution is 7.81. The molecule has 0 N–H and O–H groups in total. The molecule has 5 nitrogen and oxygen atoms in total. The van der Waals surface area contributed by atoms with Gasteiger partial charge in [0.25, 0.3) is 0 Å². The standard InChI is InChI=1S/C10H12O5S/c1-6(16)8(11)15-10-7(2-3-12-10)9-13-4-5-14-9/h2-3,6,9,16H,4-5H2,1H3. The Kier molecular flexibility index (Phi) is 3.52. The summed E-state index contributed by atoms with van der Waals surface area (Å²) in [7, 11) is 0. The van der Waals surface area contributed by atoms with Gasteiger partial charge in [-0.05, 0) is 13.0 Å². The molecule has 0 spiro atoms. The molecule has 0 amide bonds. The van der Waals surface area contributed by atoms with Gasteiger partial charge in [-0.1, -0.05) is 0 Å². The predicted octanol–water partition coefficient (Wildman–Crippen LogP) is 1.55. The predicted molar refractivity (Wildman–Crippen MR) is 57.4 cm³/mol. The Morgan fingerprint density at radius 3 is 2.88 bits per heavy atom. The van der Waals surface area contributed by atoms with Gasteiger partial charge in [0, 0.05) is 0 Å². The summed E-state index contributed by atoms with van der Waals surface area (Å²) in [6, 6.07) is 1.65. The van der Waals surface area contributed by atoms with Gasteiger partial charge >= 0.3 is 11.9 Å². The van der Waals surface area contributed by atoms with Gasteiger partial charge in [-0.25, -0.2) is 0 Å². The molecule has 0 aliphatic carbocycles. The molecule has 0 radical (unpaired) electrons. The number of hydrogen-bond donors (Lipinski definition) is 1. The zero-order valence-electron chi connectivity index (χ0n) is 8.71. The smallest absolute Gasteiger partial charge is 0.326 e. The van der Waals surface area contributed by atoms with Crippen LogP contribution in [0.25, 0.3) is 0 Å². The van der Waals surface area contributed by atoms with E-state index in [1.165, 1.54) is 6.26 Å². The molecule has 1 aromatic heterocycles. The van der Waals surface area contributed by atoms with E-state index in [9.17, 15) is 4.79 Å². The Hall–Kier alpha value is -0.980. The number of thiol groups is 1. The van der Waals surface area contributed by atoms with Crippen molar-refractivity contribution in [3.8, 4) is 5.95 Å². The first kappa shape index (κ1) is 11.5. The van der Waals surface area contributed by atoms with Crippen LogP contribution in [0.2, 0.25) is 0 Å². The number of carbonyl (C=O) groups is 1. The van der Waals surface area contributed by atoms with E-state index < -0.39 is 17.5 Å². The second kappa shape index (κ2) is 4.90. The minimum absolute atomic E-state index is 0.109. The maximum Gasteiger partial charge on any atom is 0.326 e. The summed E-state index contributed by atoms with van der Waals surface area (Å²) in [5, 5.41) is -0.511. The Morgan fingerprint density at radius 2 is 2.25 bits per heavy atom. The van der Waals surface area contributed by atoms with Gasteiger partial charge in [0.15, 0.2) is 6.29 Å². The average molecular weight is 244 g/mol. The van der Waals surface area contributed by atoms with E-state index in [-0.39, 0.29) is 5.95 Å². The number of hydrogen-bond acceptors (Lipinski definition) is 6. The largest absolute Gasteiger partial charge is 0.434 e. The maximum absolute atomic E-state index is 11.3. The highest BCUT2D eigenvalue weighted by Gasteiger charge is 2.26. The van der Waals surface area contributed by atoms with Crippen LogP contribution >= 0.6 is 12.6 Å². The van der Waals surface area contributed by atoms with Crippen LogP contribution in [0.3, 0.4) is 0 Å². The first-order valence-electron chi connectivity index (χ1n) is 4.89. The number of rotatable bonds is 3. The van der Waals surface area contributed by atoms with Gasteiger partial charge in [-0.2, -0.15) is 12.6 Å². The third-order valence-corrected chi connectivity index (χ3v) is 2.28. The van der Waals surface area contributed by atoms with Crippen molar-refractivity contribution in [2.45, 2.75) is 18.5 Å². The fraction of sp³-hybridized carbons (Fsp3) is 0.500. The second-order valence-electron chi connectivity index (χ2n) is 3.33. The second-order valence-corrected chi connectivity index (χ2v) is 4.11. The average Bonchev–Trinajstić information content (AvgIpc) is 2.85. The molecule has 1 aliphatic heterocycles. The fourth-order valence-corrected chi connectivity index (χ4v) is 1.33. The molecule has 1 aliphatic rings. The molecule has 2 rings (SSSR count). The molecule has 2 heterocycles. The number of furan rings is 1. The normalized spacial score (nSPS) is 18.6. The summed E-state index contributed by atoms with van der Waals surface area (Å²) in [4.78, 5) is 11.3. The molecule has 1 fully saturated rings. The van der Waals surface area contributed by atoms with E-state index in [0.717, 1.165) is 0 Å². The van der Waals surface area contributed by atoms with Gasteiger partial charge in [-0.15, -0.1) is 0 Å². The van der Waals surface area contributed by atoms with Crippen molar-refractivity contribution in [2.75, 3.05) is 13.2 Å². The van der Waals surface area contributed by atoms with Crippen LogP contribution in [0.5, 0.6) is 5.95 Å². The zero-order valence-corrected chi connectivity index (χ0v) is 9.61. The summed E-state index contributed by atoms with van der Waals surface area (Å²) < 4.78 is 20.7. The van der Waals surface area contributed by atoms with E-state index in [0.29, 0.717) is 18.8 Å². The molecule has 1 saturated heterocycles. The lowest BCUT2D eigenvalue weighted by atomic mass is 10.3. The Balaban J connectivity index is 2.09. The van der Waals surface area contributed by atoms with Crippen molar-refractivity contribution in [1.82, 2.24) is 0 Å². The summed E-state index contributed by atoms with van der Waals surface area (Å²) in [5.41, 5.74) is 0.583. The molecule has 6 heteroatoms. The third kappa shape index (κ3) is 2.40. The first-order chi connectivity index (χ1) is 7.68. The Bertz CT molecular complexity index is 367. The van der Waals surface area contributed by atoms with E-state index in [2.05, 4.69) is 12.6 Å². The van der Waals surface area contributed by atoms with Crippen molar-refractivity contribution in [3.05, 3.63) is 17.9 Å². The summed E-state index contributed by atoms with van der Waals surface area (Å²) in [5.74, 6) is -0.365. The van der Waals surface area contributed by atoms with Gasteiger partial charge in [-0.3, -0.25) is 4.79 Å². The van der Waals surface area contributed by atoms with Gasteiger partial charge in [0.2, 0.25) is 0 Å². The molecule has 0 bridgehead atoms. The van der Waals surface area contributed by atoms with Crippen molar-refractivity contribution in [3.63, 3.8) is 0 Å². The first-order valence-corrected chi connectivity index (χ1v) is 5.40. The van der Waals surface area contributed by atoms with Crippen LogP contribution in [-0.2, 0) is 14.3 Å². The molecule has 1 aromatic rings. The van der Waals surface area contributed by atoms with Crippen LogP contribution in [0.4, 0.5) is 0 Å². The zero-order chi connectivity index (χ0) is 11.5. The van der Waals surface area contributed by atoms with E-state index in [4.69, 9.17) is 18.6 Å². The van der Waals surface area contributed by atoms with E-state index >= 15 is 0 Å². The van der Waals surface area contributed by atoms with Crippen molar-refractivity contribution in [1.29, 1.82) is 0 Å². The molecule has 0 aromatic carbocycles. The summed E-state index contributed by atoms with van der Waals surface area (Å²) in [6.45, 7) is 2.66. The number of esters is 1. The van der Waals surface area contributed by atoms with E-state index in [1.54, 1.807) is 13.0 Å². The monoisotopic (exact) mass is 244 g/mol. The quantitative estimate of drug-likeness (QED) is 0.645. The van der Waals surface area contributed by atoms with Crippen LogP contribution in [0, 0.1) is 0 Å². The maximum atomic E-state index is 11.3. The minimum Gasteiger partial charge on any atom is -0.434 e. The highest BCUT2D eigenvalue weighted by atomic mass is 32.1. The van der Waals surface area contributed by atoms with Crippen molar-refractivity contribution < 1.29 is 23.4 Å². The van der Waals surface area contributed by atoms with Crippen molar-refractivity contribution >= 4 is 18.6 Å². The SMILES string of the molecule is CC(S)C(=O)Oc1occc1C1OCCO1. The Labute approximate surface area is 98.1 Å². The third-order valence-electron chi connectivity index (χ3n) is 2.07. The minimum atomic E-state index is -0.517. The fourth-order valence-electron chi connectivity index (χ4n) is 1.28. The molecular formula is C10H12O5S. The van der Waals surface area contributed by atoms with Crippen LogP contribution in [0.15, 0.2) is 16.7 Å². The molecule has 0 saturated carbocycles. The molecule has 16 heavy (non-hydrogen) atoms. The topological polar surface area (TPSA) is 57.9 Å². The lowest BCUT2D eigenvalue weighted by Gasteiger charge is -2.09. The molecule has 88 valence electrons. The van der Waals surface area contributed by atoms with Gasteiger partial charge < -0.3 is 18.6 Å². The Morgan fingerprint density at radius 1 is 1.56 bits per heavy atom. The highest BCUT2D eigenvalue weighted by Crippen LogP contribution is 2.32. The lowest BCUT2D eigenvalue weighted by Crippen LogP contribution is -2.18. The van der Waals surface area contributed by atoms with Crippen molar-refractivity contribution in [2.24, 2.45) is 0 Å². The number of carbonyl (C=O) groups excluding carboxylic acids is 1. The number of ether oxygens (including phenoxy) is 3. The molecule has 1 atom stereocenters. The summed E-state index contributed by atoms with van der Waals surface area (Å²) in [6.07, 6.45) is 0.906. The van der Waals surface area contributed by atoms with Crippen LogP contribution in [-0.4, -0.2) is 24.4 Å². The van der Waals surface area contributed by atoms with E-state index in [1.807, 2.05) is 0 Å². The van der Waals surface area contributed by atoms with Crippen LogP contribution in [0.1, 0.15) is 18.8 Å². The van der Waals surface area contributed by atoms with Crippen LogP contribution < -0.4 is 4.74 Å². The van der Waals surface area contributed by atoms with Gasteiger partial charge in [0.1, 0.15) is 0 Å².